The van der Waals surface area contributed by atoms with Crippen LogP contribution in [-0.2, 0) is 0 Å². The summed E-state index contributed by atoms with van der Waals surface area (Å²) in [6, 6.07) is 1.79. The second-order valence-electron chi connectivity index (χ2n) is 4.04. The minimum atomic E-state index is 0.507. The van der Waals surface area contributed by atoms with Gasteiger partial charge in [0.15, 0.2) is 5.82 Å². The second kappa shape index (κ2) is 4.40. The maximum Gasteiger partial charge on any atom is 0.230 e. The summed E-state index contributed by atoms with van der Waals surface area (Å²) in [4.78, 5) is 10.5. The molecule has 2 aromatic rings. The molecule has 1 N–H and O–H groups in total. The van der Waals surface area contributed by atoms with Crippen LogP contribution in [0, 0.1) is 13.8 Å². The molecule has 0 unspecified atom stereocenters. The SMILES string of the molecule is Cc1cc(Nc2ncc(C)c(N(C)C)n2)no1. The lowest BCUT2D eigenvalue weighted by Gasteiger charge is -2.14. The Morgan fingerprint density at radius 1 is 1.29 bits per heavy atom. The molecule has 0 fully saturated rings. The Morgan fingerprint density at radius 3 is 2.65 bits per heavy atom. The monoisotopic (exact) mass is 233 g/mol. The average molecular weight is 233 g/mol. The van der Waals surface area contributed by atoms with Gasteiger partial charge in [0.2, 0.25) is 5.95 Å². The summed E-state index contributed by atoms with van der Waals surface area (Å²) in [5.41, 5.74) is 1.02. The highest BCUT2D eigenvalue weighted by Crippen LogP contribution is 2.18. The molecule has 6 nitrogen and oxygen atoms in total. The van der Waals surface area contributed by atoms with Crippen molar-refractivity contribution in [3.05, 3.63) is 23.6 Å². The highest BCUT2D eigenvalue weighted by atomic mass is 16.5. The maximum absolute atomic E-state index is 4.96. The maximum atomic E-state index is 4.96. The standard InChI is InChI=1S/C11H15N5O/c1-7-6-12-11(14-10(7)16(3)4)13-9-5-8(2)17-15-9/h5-6H,1-4H3,(H,12,13,14,15). The van der Waals surface area contributed by atoms with Crippen LogP contribution in [0.4, 0.5) is 17.6 Å². The Balaban J connectivity index is 2.25. The van der Waals surface area contributed by atoms with Crippen molar-refractivity contribution in [1.29, 1.82) is 0 Å². The highest BCUT2D eigenvalue weighted by molar-refractivity contribution is 5.53. The van der Waals surface area contributed by atoms with E-state index in [1.54, 1.807) is 12.3 Å². The first-order chi connectivity index (χ1) is 8.06. The van der Waals surface area contributed by atoms with Crippen molar-refractivity contribution in [2.24, 2.45) is 0 Å². The van der Waals surface area contributed by atoms with Crippen LogP contribution < -0.4 is 10.2 Å². The molecule has 0 amide bonds. The molecule has 0 spiro atoms. The molecule has 0 aliphatic carbocycles. The molecule has 17 heavy (non-hydrogen) atoms. The Labute approximate surface area is 99.7 Å². The number of nitrogens with zero attached hydrogens (tertiary/aromatic N) is 4. The van der Waals surface area contributed by atoms with Gasteiger partial charge in [0, 0.05) is 31.9 Å². The Kier molecular flexibility index (Phi) is 2.95. The smallest absolute Gasteiger partial charge is 0.230 e. The molecule has 0 saturated heterocycles. The number of anilines is 3. The van der Waals surface area contributed by atoms with Gasteiger partial charge in [0.05, 0.1) is 0 Å². The molecule has 0 atom stereocenters. The normalized spacial score (nSPS) is 10.4. The third-order valence-corrected chi connectivity index (χ3v) is 2.24. The molecule has 0 bridgehead atoms. The Morgan fingerprint density at radius 2 is 2.06 bits per heavy atom. The van der Waals surface area contributed by atoms with E-state index in [1.807, 2.05) is 32.8 Å². The van der Waals surface area contributed by atoms with Gasteiger partial charge < -0.3 is 14.7 Å². The molecular formula is C11H15N5O. The minimum Gasteiger partial charge on any atom is -0.362 e. The van der Waals surface area contributed by atoms with Crippen LogP contribution >= 0.6 is 0 Å². The molecule has 2 aromatic heterocycles. The fraction of sp³-hybridized carbons (Fsp3) is 0.364. The largest absolute Gasteiger partial charge is 0.362 e. The van der Waals surface area contributed by atoms with Crippen molar-refractivity contribution < 1.29 is 4.52 Å². The molecule has 0 aliphatic heterocycles. The first kappa shape index (κ1) is 11.4. The van der Waals surface area contributed by atoms with E-state index in [0.717, 1.165) is 17.1 Å². The van der Waals surface area contributed by atoms with E-state index in [-0.39, 0.29) is 0 Å². The van der Waals surface area contributed by atoms with Crippen LogP contribution in [0.1, 0.15) is 11.3 Å². The van der Waals surface area contributed by atoms with Crippen LogP contribution in [0.15, 0.2) is 16.8 Å². The summed E-state index contributed by atoms with van der Waals surface area (Å²) in [6.45, 7) is 3.80. The van der Waals surface area contributed by atoms with Crippen LogP contribution in [0.5, 0.6) is 0 Å². The van der Waals surface area contributed by atoms with Crippen molar-refractivity contribution in [2.45, 2.75) is 13.8 Å². The van der Waals surface area contributed by atoms with Gasteiger partial charge in [-0.1, -0.05) is 5.16 Å². The summed E-state index contributed by atoms with van der Waals surface area (Å²) in [5.74, 6) is 2.74. The first-order valence-electron chi connectivity index (χ1n) is 5.27. The number of aromatic nitrogens is 3. The Bertz CT molecular complexity index is 520. The average Bonchev–Trinajstić information content (AvgIpc) is 2.66. The lowest BCUT2D eigenvalue weighted by molar-refractivity contribution is 0.400. The number of hydrogen-bond acceptors (Lipinski definition) is 6. The summed E-state index contributed by atoms with van der Waals surface area (Å²) >= 11 is 0. The minimum absolute atomic E-state index is 0.507. The van der Waals surface area contributed by atoms with E-state index in [0.29, 0.717) is 11.8 Å². The van der Waals surface area contributed by atoms with E-state index in [9.17, 15) is 0 Å². The molecule has 0 saturated carbocycles. The Hall–Kier alpha value is -2.11. The van der Waals surface area contributed by atoms with Gasteiger partial charge in [-0.3, -0.25) is 0 Å². The summed E-state index contributed by atoms with van der Waals surface area (Å²) < 4.78 is 4.96. The lowest BCUT2D eigenvalue weighted by atomic mass is 10.3. The predicted molar refractivity (Wildman–Crippen MR) is 65.6 cm³/mol. The van der Waals surface area contributed by atoms with Crippen molar-refractivity contribution in [2.75, 3.05) is 24.3 Å². The molecule has 6 heteroatoms. The summed E-state index contributed by atoms with van der Waals surface area (Å²) in [5, 5.41) is 6.82. The molecule has 2 rings (SSSR count). The number of hydrogen-bond donors (Lipinski definition) is 1. The summed E-state index contributed by atoms with van der Waals surface area (Å²) in [7, 11) is 3.89. The fourth-order valence-corrected chi connectivity index (χ4v) is 1.49. The number of rotatable bonds is 3. The third-order valence-electron chi connectivity index (χ3n) is 2.24. The zero-order valence-corrected chi connectivity index (χ0v) is 10.4. The number of aryl methyl sites for hydroxylation is 2. The van der Waals surface area contributed by atoms with Crippen LogP contribution in [0.3, 0.4) is 0 Å². The number of nitrogens with one attached hydrogen (secondary N) is 1. The van der Waals surface area contributed by atoms with Gasteiger partial charge in [-0.25, -0.2) is 4.98 Å². The molecule has 0 aromatic carbocycles. The zero-order valence-electron chi connectivity index (χ0n) is 10.4. The third kappa shape index (κ3) is 2.52. The first-order valence-corrected chi connectivity index (χ1v) is 5.27. The lowest BCUT2D eigenvalue weighted by Crippen LogP contribution is -2.13. The van der Waals surface area contributed by atoms with Gasteiger partial charge >= 0.3 is 0 Å². The molecule has 0 aliphatic rings. The second-order valence-corrected chi connectivity index (χ2v) is 4.04. The van der Waals surface area contributed by atoms with Crippen LogP contribution in [0.2, 0.25) is 0 Å². The fourth-order valence-electron chi connectivity index (χ4n) is 1.49. The molecule has 90 valence electrons. The van der Waals surface area contributed by atoms with Gasteiger partial charge in [-0.15, -0.1) is 0 Å². The van der Waals surface area contributed by atoms with Gasteiger partial charge in [-0.2, -0.15) is 4.98 Å². The topological polar surface area (TPSA) is 67.1 Å². The van der Waals surface area contributed by atoms with Crippen molar-refractivity contribution in [3.63, 3.8) is 0 Å². The van der Waals surface area contributed by atoms with Gasteiger partial charge in [0.25, 0.3) is 0 Å². The quantitative estimate of drug-likeness (QED) is 0.873. The van der Waals surface area contributed by atoms with Crippen molar-refractivity contribution in [3.8, 4) is 0 Å². The van der Waals surface area contributed by atoms with Gasteiger partial charge in [-0.05, 0) is 13.8 Å². The van der Waals surface area contributed by atoms with Crippen molar-refractivity contribution in [1.82, 2.24) is 15.1 Å². The van der Waals surface area contributed by atoms with E-state index in [4.69, 9.17) is 4.52 Å². The van der Waals surface area contributed by atoms with Crippen molar-refractivity contribution >= 4 is 17.6 Å². The van der Waals surface area contributed by atoms with E-state index < -0.39 is 0 Å². The highest BCUT2D eigenvalue weighted by Gasteiger charge is 2.07. The zero-order chi connectivity index (χ0) is 12.4. The van der Waals surface area contributed by atoms with E-state index in [2.05, 4.69) is 20.4 Å². The molecular weight excluding hydrogens is 218 g/mol. The van der Waals surface area contributed by atoms with E-state index in [1.165, 1.54) is 0 Å². The predicted octanol–water partition coefficient (Wildman–Crippen LogP) is 1.89. The van der Waals surface area contributed by atoms with E-state index >= 15 is 0 Å². The van der Waals surface area contributed by atoms with Gasteiger partial charge in [0.1, 0.15) is 11.6 Å². The summed E-state index contributed by atoms with van der Waals surface area (Å²) in [6.07, 6.45) is 1.78. The molecule has 2 heterocycles. The molecule has 0 radical (unpaired) electrons. The van der Waals surface area contributed by atoms with Crippen LogP contribution in [-0.4, -0.2) is 29.2 Å². The van der Waals surface area contributed by atoms with Crippen LogP contribution in [0.25, 0.3) is 0 Å².